The molecule has 0 aliphatic heterocycles. The van der Waals surface area contributed by atoms with Gasteiger partial charge in [0.25, 0.3) is 0 Å². The third-order valence-corrected chi connectivity index (χ3v) is 0.912. The van der Waals surface area contributed by atoms with Crippen molar-refractivity contribution >= 4 is 0 Å². The zero-order valence-electron chi connectivity index (χ0n) is 5.10. The lowest BCUT2D eigenvalue weighted by Crippen LogP contribution is -2.30. The van der Waals surface area contributed by atoms with E-state index in [4.69, 9.17) is 5.73 Å². The summed E-state index contributed by atoms with van der Waals surface area (Å²) in [6.45, 7) is -0.0490. The molecule has 0 saturated carbocycles. The van der Waals surface area contributed by atoms with Gasteiger partial charge < -0.3 is 5.73 Å². The van der Waals surface area contributed by atoms with Crippen LogP contribution < -0.4 is 5.73 Å². The molecule has 0 aromatic carbocycles. The highest BCUT2D eigenvalue weighted by Gasteiger charge is 2.30. The van der Waals surface area contributed by atoms with Crippen LogP contribution in [-0.2, 0) is 0 Å². The average Bonchev–Trinajstić information content (AvgIpc) is 1.81. The first-order valence-electron chi connectivity index (χ1n) is 2.56. The van der Waals surface area contributed by atoms with Crippen LogP contribution in [0.15, 0.2) is 0 Å². The van der Waals surface area contributed by atoms with Crippen molar-refractivity contribution in [3.8, 4) is 0 Å². The van der Waals surface area contributed by atoms with Gasteiger partial charge in [-0.05, 0) is 0 Å². The fraction of sp³-hybridized carbons (Fsp3) is 1.00. The van der Waals surface area contributed by atoms with E-state index in [1.165, 1.54) is 0 Å². The molecule has 0 aliphatic rings. The van der Waals surface area contributed by atoms with Crippen molar-refractivity contribution in [3.63, 3.8) is 0 Å². The van der Waals surface area contributed by atoms with Crippen molar-refractivity contribution in [1.82, 2.24) is 0 Å². The SMILES string of the molecule is NCCC([N+](=O)[O-])[N+](=O)[O-]. The van der Waals surface area contributed by atoms with Crippen LogP contribution in [0.25, 0.3) is 0 Å². The topological polar surface area (TPSA) is 112 Å². The Labute approximate surface area is 56.1 Å². The predicted molar refractivity (Wildman–Crippen MR) is 31.4 cm³/mol. The second-order valence-electron chi connectivity index (χ2n) is 1.63. The molecule has 0 unspecified atom stereocenters. The van der Waals surface area contributed by atoms with Crippen molar-refractivity contribution < 1.29 is 9.85 Å². The molecule has 0 saturated heterocycles. The van der Waals surface area contributed by atoms with Gasteiger partial charge in [0.2, 0.25) is 0 Å². The fourth-order valence-corrected chi connectivity index (χ4v) is 0.437. The van der Waals surface area contributed by atoms with Gasteiger partial charge in [-0.25, -0.2) is 0 Å². The molecule has 2 N–H and O–H groups in total. The highest BCUT2D eigenvalue weighted by molar-refractivity contribution is 4.41. The molecular formula is C3H7N3O4. The Balaban J connectivity index is 3.98. The first-order valence-corrected chi connectivity index (χ1v) is 2.56. The lowest BCUT2D eigenvalue weighted by atomic mass is 10.4. The Hall–Kier alpha value is -1.24. The van der Waals surface area contributed by atoms with E-state index in [1.807, 2.05) is 0 Å². The van der Waals surface area contributed by atoms with E-state index in [-0.39, 0.29) is 13.0 Å². The molecule has 0 aromatic rings. The molecule has 0 rings (SSSR count). The lowest BCUT2D eigenvalue weighted by molar-refractivity contribution is -0.742. The van der Waals surface area contributed by atoms with Gasteiger partial charge in [-0.3, -0.25) is 20.2 Å². The summed E-state index contributed by atoms with van der Waals surface area (Å²) in [7, 11) is 0. The van der Waals surface area contributed by atoms with Crippen molar-refractivity contribution in [1.29, 1.82) is 0 Å². The Morgan fingerprint density at radius 1 is 1.30 bits per heavy atom. The Bertz CT molecular complexity index is 133. The van der Waals surface area contributed by atoms with Crippen LogP contribution in [-0.4, -0.2) is 22.6 Å². The zero-order valence-corrected chi connectivity index (χ0v) is 5.10. The van der Waals surface area contributed by atoms with Gasteiger partial charge in [0.15, 0.2) is 0 Å². The molecule has 10 heavy (non-hydrogen) atoms. The van der Waals surface area contributed by atoms with Gasteiger partial charge in [-0.15, -0.1) is 0 Å². The van der Waals surface area contributed by atoms with E-state index >= 15 is 0 Å². The van der Waals surface area contributed by atoms with Gasteiger partial charge in [0, 0.05) is 6.54 Å². The quantitative estimate of drug-likeness (QED) is 0.320. The van der Waals surface area contributed by atoms with E-state index in [2.05, 4.69) is 0 Å². The minimum absolute atomic E-state index is 0.0490. The molecule has 0 radical (unpaired) electrons. The maximum Gasteiger partial charge on any atom is 0.451 e. The van der Waals surface area contributed by atoms with E-state index in [0.717, 1.165) is 0 Å². The highest BCUT2D eigenvalue weighted by atomic mass is 16.7. The third-order valence-electron chi connectivity index (χ3n) is 0.912. The minimum Gasteiger partial charge on any atom is -0.330 e. The van der Waals surface area contributed by atoms with Crippen molar-refractivity contribution in [3.05, 3.63) is 20.2 Å². The van der Waals surface area contributed by atoms with Gasteiger partial charge in [-0.2, -0.15) is 0 Å². The summed E-state index contributed by atoms with van der Waals surface area (Å²) in [5.41, 5.74) is 4.90. The van der Waals surface area contributed by atoms with Gasteiger partial charge >= 0.3 is 6.17 Å². The molecule has 58 valence electrons. The second-order valence-corrected chi connectivity index (χ2v) is 1.63. The van der Waals surface area contributed by atoms with Crippen LogP contribution >= 0.6 is 0 Å². The van der Waals surface area contributed by atoms with E-state index in [9.17, 15) is 20.2 Å². The lowest BCUT2D eigenvalue weighted by Gasteiger charge is -1.97. The van der Waals surface area contributed by atoms with Crippen molar-refractivity contribution in [2.24, 2.45) is 5.73 Å². The number of nitrogens with zero attached hydrogens (tertiary/aromatic N) is 2. The monoisotopic (exact) mass is 149 g/mol. The number of nitrogens with two attached hydrogens (primary N) is 1. The molecule has 7 heteroatoms. The Kier molecular flexibility index (Phi) is 3.26. The fourth-order valence-electron chi connectivity index (χ4n) is 0.437. The molecule has 0 spiro atoms. The van der Waals surface area contributed by atoms with Crippen LogP contribution in [0.1, 0.15) is 6.42 Å². The van der Waals surface area contributed by atoms with Gasteiger partial charge in [-0.1, -0.05) is 0 Å². The van der Waals surface area contributed by atoms with E-state index in [0.29, 0.717) is 0 Å². The standard InChI is InChI=1S/C3H7N3O4/c4-2-1-3(5(7)8)6(9)10/h3H,1-2,4H2. The molecule has 0 bridgehead atoms. The van der Waals surface area contributed by atoms with Crippen LogP contribution in [0.5, 0.6) is 0 Å². The largest absolute Gasteiger partial charge is 0.451 e. The van der Waals surface area contributed by atoms with Gasteiger partial charge in [0.1, 0.15) is 0 Å². The van der Waals surface area contributed by atoms with E-state index in [1.54, 1.807) is 0 Å². The normalized spacial score (nSPS) is 9.80. The first kappa shape index (κ1) is 8.76. The predicted octanol–water partition coefficient (Wildman–Crippen LogP) is -0.785. The molecule has 0 aliphatic carbocycles. The van der Waals surface area contributed by atoms with Crippen LogP contribution in [0.2, 0.25) is 0 Å². The highest BCUT2D eigenvalue weighted by Crippen LogP contribution is 1.94. The summed E-state index contributed by atoms with van der Waals surface area (Å²) in [5.74, 6) is 0. The van der Waals surface area contributed by atoms with Crippen LogP contribution in [0, 0.1) is 20.2 Å². The van der Waals surface area contributed by atoms with Crippen molar-refractivity contribution in [2.75, 3.05) is 6.54 Å². The average molecular weight is 149 g/mol. The smallest absolute Gasteiger partial charge is 0.330 e. The maximum absolute atomic E-state index is 9.84. The summed E-state index contributed by atoms with van der Waals surface area (Å²) in [5, 5.41) is 19.7. The Morgan fingerprint density at radius 3 is 1.80 bits per heavy atom. The third kappa shape index (κ3) is 2.35. The molecule has 0 heterocycles. The molecule has 0 amide bonds. The van der Waals surface area contributed by atoms with Crippen LogP contribution in [0.4, 0.5) is 0 Å². The summed E-state index contributed by atoms with van der Waals surface area (Å²) in [6.07, 6.45) is -1.97. The van der Waals surface area contributed by atoms with Gasteiger partial charge in [0.05, 0.1) is 16.3 Å². The molecular weight excluding hydrogens is 142 g/mol. The summed E-state index contributed by atoms with van der Waals surface area (Å²) < 4.78 is 0. The first-order chi connectivity index (χ1) is 4.59. The van der Waals surface area contributed by atoms with Crippen LogP contribution in [0.3, 0.4) is 0 Å². The Morgan fingerprint density at radius 2 is 1.70 bits per heavy atom. The number of nitro groups is 2. The van der Waals surface area contributed by atoms with Crippen molar-refractivity contribution in [2.45, 2.75) is 12.6 Å². The number of hydrogen-bond acceptors (Lipinski definition) is 5. The number of hydrogen-bond donors (Lipinski definition) is 1. The molecule has 0 atom stereocenters. The summed E-state index contributed by atoms with van der Waals surface area (Å²) in [6, 6.07) is 0. The second kappa shape index (κ2) is 3.72. The molecule has 7 nitrogen and oxygen atoms in total. The summed E-state index contributed by atoms with van der Waals surface area (Å²) >= 11 is 0. The van der Waals surface area contributed by atoms with E-state index < -0.39 is 16.0 Å². The molecule has 0 aromatic heterocycles. The number of rotatable bonds is 4. The molecule has 0 fully saturated rings. The minimum atomic E-state index is -1.75. The maximum atomic E-state index is 9.84. The zero-order chi connectivity index (χ0) is 8.15. The summed E-state index contributed by atoms with van der Waals surface area (Å²) in [4.78, 5) is 17.8.